The number of rotatable bonds is 2. The first kappa shape index (κ1) is 36.8. The molecule has 2 aliphatic carbocycles. The summed E-state index contributed by atoms with van der Waals surface area (Å²) in [6.45, 7) is 2.62. The van der Waals surface area contributed by atoms with Crippen LogP contribution < -0.4 is 31.0 Å². The van der Waals surface area contributed by atoms with E-state index in [9.17, 15) is 0 Å². The molecule has 3 aliphatic rings. The summed E-state index contributed by atoms with van der Waals surface area (Å²) in [4.78, 5) is 42.8. The summed E-state index contributed by atoms with van der Waals surface area (Å²) in [7, 11) is 1.38. The molecule has 2 fully saturated rings. The molecule has 11 rings (SSSR count). The Morgan fingerprint density at radius 2 is 0.847 bits per heavy atom. The van der Waals surface area contributed by atoms with Crippen LogP contribution >= 0.6 is 15.2 Å². The van der Waals surface area contributed by atoms with E-state index >= 15 is 0 Å². The van der Waals surface area contributed by atoms with Crippen molar-refractivity contribution in [2.24, 2.45) is 0 Å². The molecule has 0 spiro atoms. The molecule has 2 saturated carbocycles. The normalized spacial score (nSPS) is 20.5. The first-order chi connectivity index (χ1) is 29.0. The van der Waals surface area contributed by atoms with Crippen LogP contribution in [0.5, 0.6) is 0 Å². The average molecular weight is 814 g/mol. The Morgan fingerprint density at radius 3 is 1.27 bits per heavy atom. The lowest BCUT2D eigenvalue weighted by Crippen LogP contribution is -2.39. The second-order valence-corrected chi connectivity index (χ2v) is 23.1. The van der Waals surface area contributed by atoms with Crippen molar-refractivity contribution in [3.05, 3.63) is 98.6 Å². The van der Waals surface area contributed by atoms with Crippen molar-refractivity contribution in [2.45, 2.75) is 75.5 Å². The lowest BCUT2D eigenvalue weighted by molar-refractivity contribution is 0.511. The molecule has 59 heavy (non-hydrogen) atoms. The zero-order valence-corrected chi connectivity index (χ0v) is 35.6. The summed E-state index contributed by atoms with van der Waals surface area (Å²) in [6, 6.07) is 19.1. The van der Waals surface area contributed by atoms with Crippen LogP contribution in [0.4, 0.5) is 22.7 Å². The number of nitrogens with zero attached hydrogens (tertiary/aromatic N) is 10. The minimum absolute atomic E-state index is 0.477. The summed E-state index contributed by atoms with van der Waals surface area (Å²) < 4.78 is 0. The lowest BCUT2D eigenvalue weighted by atomic mass is 10.0. The Labute approximate surface area is 346 Å². The highest BCUT2D eigenvalue weighted by Crippen LogP contribution is 2.65. The van der Waals surface area contributed by atoms with Gasteiger partial charge in [-0.3, -0.25) is 0 Å². The number of anilines is 4. The van der Waals surface area contributed by atoms with E-state index in [1.165, 1.54) is 108 Å². The zero-order chi connectivity index (χ0) is 39.7. The van der Waals surface area contributed by atoms with Crippen molar-refractivity contribution in [1.29, 1.82) is 0 Å². The van der Waals surface area contributed by atoms with Gasteiger partial charge in [-0.1, -0.05) is 25.7 Å². The molecule has 0 bridgehead atoms. The Hall–Kier alpha value is -5.30. The Bertz CT molecular complexity index is 2730. The molecule has 10 nitrogen and oxygen atoms in total. The molecule has 0 unspecified atom stereocenters. The van der Waals surface area contributed by atoms with E-state index in [4.69, 9.17) is 19.9 Å². The lowest BCUT2D eigenvalue weighted by Gasteiger charge is -2.41. The first-order valence-electron chi connectivity index (χ1n) is 21.0. The largest absolute Gasteiger partial charge is 0.341 e. The predicted octanol–water partition coefficient (Wildman–Crippen LogP) is 9.00. The van der Waals surface area contributed by atoms with Gasteiger partial charge in [-0.25, -0.2) is 39.9 Å². The maximum Gasteiger partial charge on any atom is 0.125 e. The van der Waals surface area contributed by atoms with Gasteiger partial charge in [-0.2, -0.15) is 0 Å². The molecule has 4 aromatic heterocycles. The molecule has 294 valence electrons. The quantitative estimate of drug-likeness (QED) is 0.157. The van der Waals surface area contributed by atoms with Crippen LogP contribution in [-0.4, -0.2) is 71.9 Å². The third-order valence-electron chi connectivity index (χ3n) is 13.6. The minimum Gasteiger partial charge on any atom is -0.341 e. The fourth-order valence-corrected chi connectivity index (χ4v) is 18.5. The second kappa shape index (κ2) is 14.8. The van der Waals surface area contributed by atoms with E-state index in [1.54, 1.807) is 25.3 Å². The van der Waals surface area contributed by atoms with Crippen LogP contribution in [0.25, 0.3) is 43.6 Å². The maximum atomic E-state index is 4.92. The Balaban J connectivity index is 1.33. The molecule has 12 heteroatoms. The topological polar surface area (TPSA) is 110 Å². The maximum absolute atomic E-state index is 4.92. The Kier molecular flexibility index (Phi) is 9.19. The molecule has 0 amide bonds. The SMILES string of the molecule is CN1c2cc3cncnc3cc2P(C2CCCCC2)c2cc3ncncc3cc2N(C)c2cc3cncnc3cc2[P+](C)(C2CCCCC2)c2cc3ncncc3cc21. The average Bonchev–Trinajstić information content (AvgIpc) is 3.30. The summed E-state index contributed by atoms with van der Waals surface area (Å²) in [5.41, 5.74) is 9.72. The van der Waals surface area contributed by atoms with Gasteiger partial charge >= 0.3 is 0 Å². The standard InChI is InChI=1S/C47H47N10P2/c1-56-40-14-30-22-48-26-52-36(30)18-44(40)58(34-10-6-4-7-11-34)45-19-37-31(23-49-27-53-37)15-41(45)57(2)43-17-33-25-51-29-55-39(33)21-47(43)59(3,35-12-8-5-9-13-35)46-20-38-32(16-42(46)56)24-50-28-54-38/h14-29,34-35H,4-13H2,1-3H3/q+1. The second-order valence-electron chi connectivity index (χ2n) is 16.8. The molecular formula is C47H47N10P2+. The van der Waals surface area contributed by atoms with Gasteiger partial charge in [0.05, 0.1) is 53.0 Å². The number of benzene rings is 4. The molecule has 0 N–H and O–H groups in total. The van der Waals surface area contributed by atoms with Gasteiger partial charge in [-0.15, -0.1) is 0 Å². The fourth-order valence-electron chi connectivity index (χ4n) is 10.5. The highest BCUT2D eigenvalue weighted by Gasteiger charge is 2.51. The minimum atomic E-state index is -2.26. The smallest absolute Gasteiger partial charge is 0.125 e. The van der Waals surface area contributed by atoms with Crippen molar-refractivity contribution in [1.82, 2.24) is 39.9 Å². The van der Waals surface area contributed by atoms with Crippen LogP contribution in [0.3, 0.4) is 0 Å². The number of aromatic nitrogens is 8. The van der Waals surface area contributed by atoms with Gasteiger partial charge in [0.15, 0.2) is 0 Å². The molecule has 0 atom stereocenters. The van der Waals surface area contributed by atoms with Gasteiger partial charge < -0.3 is 9.80 Å². The summed E-state index contributed by atoms with van der Waals surface area (Å²) in [6.07, 6.45) is 26.9. The van der Waals surface area contributed by atoms with E-state index in [1.807, 2.05) is 24.8 Å². The fraction of sp³-hybridized carbons (Fsp3) is 0.319. The predicted molar refractivity (Wildman–Crippen MR) is 246 cm³/mol. The zero-order valence-electron chi connectivity index (χ0n) is 33.8. The van der Waals surface area contributed by atoms with Crippen molar-refractivity contribution >= 4 is 103 Å². The monoisotopic (exact) mass is 813 g/mol. The third kappa shape index (κ3) is 6.13. The van der Waals surface area contributed by atoms with Crippen LogP contribution in [0, 0.1) is 0 Å². The summed E-state index contributed by atoms with van der Waals surface area (Å²) >= 11 is 0. The molecule has 1 aliphatic heterocycles. The molecular weight excluding hydrogens is 767 g/mol. The van der Waals surface area contributed by atoms with Gasteiger partial charge in [0, 0.05) is 94.5 Å². The Morgan fingerprint density at radius 1 is 0.475 bits per heavy atom. The van der Waals surface area contributed by atoms with Crippen molar-refractivity contribution in [3.63, 3.8) is 0 Å². The van der Waals surface area contributed by atoms with Gasteiger partial charge in [0.1, 0.15) is 35.9 Å². The number of fused-ring (bicyclic) bond motifs is 8. The van der Waals surface area contributed by atoms with E-state index in [2.05, 4.69) is 99.0 Å². The van der Waals surface area contributed by atoms with Crippen molar-refractivity contribution in [3.8, 4) is 0 Å². The molecule has 8 aromatic rings. The van der Waals surface area contributed by atoms with Gasteiger partial charge in [0.2, 0.25) is 0 Å². The van der Waals surface area contributed by atoms with Gasteiger partial charge in [0.25, 0.3) is 0 Å². The third-order valence-corrected chi connectivity index (χ3v) is 21.3. The van der Waals surface area contributed by atoms with Crippen LogP contribution in [0.2, 0.25) is 0 Å². The number of hydrogen-bond acceptors (Lipinski definition) is 10. The van der Waals surface area contributed by atoms with E-state index < -0.39 is 15.2 Å². The molecule has 4 aromatic carbocycles. The highest BCUT2D eigenvalue weighted by molar-refractivity contribution is 7.90. The van der Waals surface area contributed by atoms with E-state index in [0.29, 0.717) is 11.3 Å². The summed E-state index contributed by atoms with van der Waals surface area (Å²) in [5.74, 6) is 0. The highest BCUT2D eigenvalue weighted by atomic mass is 31.2. The van der Waals surface area contributed by atoms with Gasteiger partial charge in [-0.05, 0) is 88.5 Å². The van der Waals surface area contributed by atoms with Crippen molar-refractivity contribution < 1.29 is 0 Å². The van der Waals surface area contributed by atoms with E-state index in [0.717, 1.165) is 43.6 Å². The van der Waals surface area contributed by atoms with Crippen molar-refractivity contribution in [2.75, 3.05) is 30.6 Å². The first-order valence-corrected chi connectivity index (χ1v) is 24.8. The summed E-state index contributed by atoms with van der Waals surface area (Å²) in [5, 5.41) is 9.63. The van der Waals surface area contributed by atoms with Crippen LogP contribution in [0.1, 0.15) is 64.2 Å². The number of hydrogen-bond donors (Lipinski definition) is 0. The molecule has 5 heterocycles. The molecule has 0 saturated heterocycles. The van der Waals surface area contributed by atoms with Crippen LogP contribution in [0.15, 0.2) is 98.6 Å². The van der Waals surface area contributed by atoms with Crippen LogP contribution in [-0.2, 0) is 0 Å². The molecule has 0 radical (unpaired) electrons. The van der Waals surface area contributed by atoms with E-state index in [-0.39, 0.29) is 0 Å².